The molecule has 1 fully saturated rings. The minimum absolute atomic E-state index is 0.0518. The fourth-order valence-corrected chi connectivity index (χ4v) is 3.52. The molecule has 1 atom stereocenters. The van der Waals surface area contributed by atoms with E-state index in [-0.39, 0.29) is 24.7 Å². The molecular weight excluding hydrogens is 439 g/mol. The van der Waals surface area contributed by atoms with Crippen LogP contribution in [-0.2, 0) is 30.0 Å². The van der Waals surface area contributed by atoms with Crippen LogP contribution >= 0.6 is 0 Å². The summed E-state index contributed by atoms with van der Waals surface area (Å²) < 4.78 is 46.8. The fourth-order valence-electron chi connectivity index (χ4n) is 3.52. The van der Waals surface area contributed by atoms with Gasteiger partial charge in [-0.25, -0.2) is 4.98 Å². The molecule has 1 aromatic carbocycles. The molecule has 11 heteroatoms. The van der Waals surface area contributed by atoms with Crippen molar-refractivity contribution >= 4 is 11.6 Å². The van der Waals surface area contributed by atoms with Crippen molar-refractivity contribution in [2.45, 2.75) is 31.0 Å². The van der Waals surface area contributed by atoms with Gasteiger partial charge in [-0.3, -0.25) is 4.79 Å². The van der Waals surface area contributed by atoms with E-state index in [0.717, 1.165) is 23.5 Å². The molecule has 4 rings (SSSR count). The van der Waals surface area contributed by atoms with Gasteiger partial charge in [-0.15, -0.1) is 10.2 Å². The number of nitrogens with one attached hydrogen (secondary N) is 1. The second-order valence-electron chi connectivity index (χ2n) is 8.19. The van der Waals surface area contributed by atoms with Crippen LogP contribution in [0.4, 0.5) is 18.9 Å². The van der Waals surface area contributed by atoms with Crippen LogP contribution in [0, 0.1) is 0 Å². The topological polar surface area (TPSA) is 102 Å². The number of benzene rings is 1. The summed E-state index contributed by atoms with van der Waals surface area (Å²) in [6.07, 6.45) is -2.55. The number of carbonyl (C=O) groups is 1. The zero-order chi connectivity index (χ0) is 23.8. The highest BCUT2D eigenvalue weighted by atomic mass is 19.4. The third-order valence-corrected chi connectivity index (χ3v) is 5.57. The van der Waals surface area contributed by atoms with Crippen LogP contribution in [0.2, 0.25) is 0 Å². The zero-order valence-electron chi connectivity index (χ0n) is 17.9. The summed E-state index contributed by atoms with van der Waals surface area (Å²) in [6.45, 7) is 1.69. The third-order valence-electron chi connectivity index (χ3n) is 5.57. The molecule has 1 unspecified atom stereocenters. The molecule has 0 spiro atoms. The standard InChI is InChI=1S/C22H22F3N5O3/c1-13(6-19-29-26-12-30(19)2)14-4-3-5-16(7-14)27-20(31)17-8-15(21(32)10-33-11-21)9-18(28-17)22(23,24)25/h3-5,7-9,12-13,32H,6,10-11H2,1-2H3,(H,27,31). The van der Waals surface area contributed by atoms with E-state index >= 15 is 0 Å². The van der Waals surface area contributed by atoms with Crippen molar-refractivity contribution in [3.63, 3.8) is 0 Å². The van der Waals surface area contributed by atoms with Gasteiger partial charge < -0.3 is 19.7 Å². The maximum Gasteiger partial charge on any atom is 0.433 e. The van der Waals surface area contributed by atoms with Crippen molar-refractivity contribution in [2.75, 3.05) is 18.5 Å². The second-order valence-corrected chi connectivity index (χ2v) is 8.19. The van der Waals surface area contributed by atoms with E-state index in [4.69, 9.17) is 4.74 Å². The van der Waals surface area contributed by atoms with Crippen LogP contribution < -0.4 is 5.32 Å². The van der Waals surface area contributed by atoms with Crippen LogP contribution in [0.15, 0.2) is 42.7 Å². The van der Waals surface area contributed by atoms with Gasteiger partial charge in [0.1, 0.15) is 29.1 Å². The highest BCUT2D eigenvalue weighted by Crippen LogP contribution is 2.35. The maximum atomic E-state index is 13.4. The van der Waals surface area contributed by atoms with E-state index in [0.29, 0.717) is 12.1 Å². The molecule has 0 saturated carbocycles. The van der Waals surface area contributed by atoms with E-state index in [2.05, 4.69) is 20.5 Å². The van der Waals surface area contributed by atoms with Gasteiger partial charge in [0.2, 0.25) is 0 Å². The molecule has 2 aromatic heterocycles. The molecule has 8 nitrogen and oxygen atoms in total. The van der Waals surface area contributed by atoms with Gasteiger partial charge >= 0.3 is 6.18 Å². The SMILES string of the molecule is CC(Cc1nncn1C)c1cccc(NC(=O)c2cc(C3(O)COC3)cc(C(F)(F)F)n2)c1. The van der Waals surface area contributed by atoms with E-state index in [1.807, 2.05) is 24.6 Å². The average molecular weight is 461 g/mol. The first-order chi connectivity index (χ1) is 15.5. The molecular formula is C22H22F3N5O3. The summed E-state index contributed by atoms with van der Waals surface area (Å²) in [5.41, 5.74) is -2.02. The lowest BCUT2D eigenvalue weighted by Gasteiger charge is -2.37. The molecule has 0 aliphatic carbocycles. The Morgan fingerprint density at radius 1 is 1.30 bits per heavy atom. The number of carbonyl (C=O) groups excluding carboxylic acids is 1. The monoisotopic (exact) mass is 461 g/mol. The number of aryl methyl sites for hydroxylation is 1. The number of halogens is 3. The number of rotatable bonds is 6. The summed E-state index contributed by atoms with van der Waals surface area (Å²) in [7, 11) is 1.85. The quantitative estimate of drug-likeness (QED) is 0.585. The molecule has 1 aliphatic heterocycles. The Bertz CT molecular complexity index is 1170. The highest BCUT2D eigenvalue weighted by molar-refractivity contribution is 6.03. The highest BCUT2D eigenvalue weighted by Gasteiger charge is 2.41. The minimum atomic E-state index is -4.78. The van der Waals surface area contributed by atoms with Gasteiger partial charge in [-0.1, -0.05) is 19.1 Å². The number of hydrogen-bond acceptors (Lipinski definition) is 6. The normalized spacial score (nSPS) is 16.2. The summed E-state index contributed by atoms with van der Waals surface area (Å²) in [6, 6.07) is 8.93. The van der Waals surface area contributed by atoms with Crippen molar-refractivity contribution in [2.24, 2.45) is 7.05 Å². The van der Waals surface area contributed by atoms with Crippen LogP contribution in [0.1, 0.15) is 46.0 Å². The first-order valence-electron chi connectivity index (χ1n) is 10.2. The number of alkyl halides is 3. The van der Waals surface area contributed by atoms with Gasteiger partial charge in [-0.05, 0) is 41.3 Å². The van der Waals surface area contributed by atoms with E-state index in [1.165, 1.54) is 0 Å². The average Bonchev–Trinajstić information content (AvgIpc) is 3.15. The predicted octanol–water partition coefficient (Wildman–Crippen LogP) is 3.05. The predicted molar refractivity (Wildman–Crippen MR) is 111 cm³/mol. The first-order valence-corrected chi connectivity index (χ1v) is 10.2. The molecule has 174 valence electrons. The van der Waals surface area contributed by atoms with Gasteiger partial charge in [0.05, 0.1) is 13.2 Å². The van der Waals surface area contributed by atoms with E-state index in [9.17, 15) is 23.1 Å². The molecule has 1 aliphatic rings. The number of hydrogen-bond donors (Lipinski definition) is 2. The largest absolute Gasteiger partial charge is 0.433 e. The number of nitrogens with zero attached hydrogens (tertiary/aromatic N) is 4. The van der Waals surface area contributed by atoms with Crippen LogP contribution in [0.25, 0.3) is 0 Å². The fraction of sp³-hybridized carbons (Fsp3) is 0.364. The van der Waals surface area contributed by atoms with Crippen molar-refractivity contribution in [1.29, 1.82) is 0 Å². The first kappa shape index (κ1) is 22.9. The maximum absolute atomic E-state index is 13.4. The Balaban J connectivity index is 1.56. The lowest BCUT2D eigenvalue weighted by Crippen LogP contribution is -2.46. The van der Waals surface area contributed by atoms with Gasteiger partial charge in [0.25, 0.3) is 5.91 Å². The smallest absolute Gasteiger partial charge is 0.380 e. The summed E-state index contributed by atoms with van der Waals surface area (Å²) in [4.78, 5) is 16.3. The number of aliphatic hydroxyl groups is 1. The molecule has 3 heterocycles. The number of aromatic nitrogens is 4. The summed E-state index contributed by atoms with van der Waals surface area (Å²) >= 11 is 0. The molecule has 1 saturated heterocycles. The number of pyridine rings is 1. The number of amides is 1. The Morgan fingerprint density at radius 2 is 2.06 bits per heavy atom. The Hall–Kier alpha value is -3.31. The van der Waals surface area contributed by atoms with Crippen LogP contribution in [0.5, 0.6) is 0 Å². The molecule has 3 aromatic rings. The minimum Gasteiger partial charge on any atom is -0.380 e. The van der Waals surface area contributed by atoms with E-state index in [1.54, 1.807) is 24.5 Å². The van der Waals surface area contributed by atoms with Crippen molar-refractivity contribution < 1.29 is 27.8 Å². The van der Waals surface area contributed by atoms with Crippen molar-refractivity contribution in [3.05, 3.63) is 71.1 Å². The Morgan fingerprint density at radius 3 is 2.67 bits per heavy atom. The molecule has 0 radical (unpaired) electrons. The molecule has 33 heavy (non-hydrogen) atoms. The van der Waals surface area contributed by atoms with Gasteiger partial charge in [0.15, 0.2) is 0 Å². The number of ether oxygens (including phenoxy) is 1. The van der Waals surface area contributed by atoms with Crippen molar-refractivity contribution in [1.82, 2.24) is 19.7 Å². The van der Waals surface area contributed by atoms with Crippen molar-refractivity contribution in [3.8, 4) is 0 Å². The van der Waals surface area contributed by atoms with Crippen LogP contribution in [0.3, 0.4) is 0 Å². The Kier molecular flexibility index (Phi) is 5.93. The number of anilines is 1. The molecule has 1 amide bonds. The zero-order valence-corrected chi connectivity index (χ0v) is 17.9. The Labute approximate surface area is 187 Å². The van der Waals surface area contributed by atoms with Crippen LogP contribution in [-0.4, -0.2) is 44.0 Å². The lowest BCUT2D eigenvalue weighted by molar-refractivity contribution is -0.185. The third kappa shape index (κ3) is 4.88. The van der Waals surface area contributed by atoms with E-state index < -0.39 is 29.1 Å². The molecule has 2 N–H and O–H groups in total. The second kappa shape index (κ2) is 8.56. The summed E-state index contributed by atoms with van der Waals surface area (Å²) in [5.74, 6) is 0.0377. The molecule has 0 bridgehead atoms. The summed E-state index contributed by atoms with van der Waals surface area (Å²) in [5, 5.41) is 21.0. The van der Waals surface area contributed by atoms with Gasteiger partial charge in [-0.2, -0.15) is 13.2 Å². The van der Waals surface area contributed by atoms with Gasteiger partial charge in [0, 0.05) is 19.2 Å². The lowest BCUT2D eigenvalue weighted by atomic mass is 9.91.